The lowest BCUT2D eigenvalue weighted by Gasteiger charge is -2.39. The third-order valence-corrected chi connectivity index (χ3v) is 8.25. The second kappa shape index (κ2) is 27.2. The van der Waals surface area contributed by atoms with Gasteiger partial charge in [0.05, 0.1) is 19.8 Å². The van der Waals surface area contributed by atoms with Crippen LogP contribution in [0, 0.1) is 0 Å². The highest BCUT2D eigenvalue weighted by atomic mass is 16.7. The van der Waals surface area contributed by atoms with Gasteiger partial charge in [0.15, 0.2) is 6.29 Å². The van der Waals surface area contributed by atoms with Crippen molar-refractivity contribution < 1.29 is 39.7 Å². The summed E-state index contributed by atoms with van der Waals surface area (Å²) in [5.41, 5.74) is 0. The van der Waals surface area contributed by atoms with E-state index in [9.17, 15) is 25.5 Å². The summed E-state index contributed by atoms with van der Waals surface area (Å²) < 4.78 is 16.1. The van der Waals surface area contributed by atoms with E-state index in [0.717, 1.165) is 12.8 Å². The van der Waals surface area contributed by atoms with Crippen molar-refractivity contribution >= 4 is 0 Å². The van der Waals surface area contributed by atoms with Gasteiger partial charge in [0.25, 0.3) is 0 Å². The predicted octanol–water partition coefficient (Wildman–Crippen LogP) is 5.78. The minimum Gasteiger partial charge on any atom is -0.394 e. The van der Waals surface area contributed by atoms with Crippen LogP contribution in [0.15, 0.2) is 0 Å². The van der Waals surface area contributed by atoms with Crippen molar-refractivity contribution in [2.45, 2.75) is 185 Å². The molecule has 246 valence electrons. The first-order valence-corrected chi connectivity index (χ1v) is 17.2. The molecule has 1 heterocycles. The van der Waals surface area contributed by atoms with Gasteiger partial charge in [-0.3, -0.25) is 0 Å². The van der Waals surface area contributed by atoms with Gasteiger partial charge in [-0.15, -0.1) is 0 Å². The molecule has 1 fully saturated rings. The van der Waals surface area contributed by atoms with Crippen LogP contribution in [-0.2, 0) is 14.2 Å². The van der Waals surface area contributed by atoms with Gasteiger partial charge in [-0.2, -0.15) is 0 Å². The van der Waals surface area contributed by atoms with E-state index in [1.807, 2.05) is 0 Å². The van der Waals surface area contributed by atoms with Gasteiger partial charge in [-0.25, -0.2) is 0 Å². The topological polar surface area (TPSA) is 129 Å². The van der Waals surface area contributed by atoms with Crippen LogP contribution in [0.5, 0.6) is 0 Å². The van der Waals surface area contributed by atoms with Gasteiger partial charge in [0.2, 0.25) is 0 Å². The maximum atomic E-state index is 10.0. The van der Waals surface area contributed by atoms with Gasteiger partial charge in [-0.05, 0) is 6.42 Å². The van der Waals surface area contributed by atoms with Crippen LogP contribution in [0.25, 0.3) is 0 Å². The van der Waals surface area contributed by atoms with E-state index in [-0.39, 0.29) is 13.2 Å². The summed E-state index contributed by atoms with van der Waals surface area (Å²) in [5, 5.41) is 48.8. The van der Waals surface area contributed by atoms with Crippen molar-refractivity contribution in [3.05, 3.63) is 0 Å². The normalized spacial score (nSPS) is 23.7. The lowest BCUT2D eigenvalue weighted by atomic mass is 9.99. The van der Waals surface area contributed by atoms with Crippen molar-refractivity contribution in [3.63, 3.8) is 0 Å². The Labute approximate surface area is 251 Å². The van der Waals surface area contributed by atoms with Crippen LogP contribution in [0.2, 0.25) is 0 Å². The number of ether oxygens (including phenoxy) is 3. The number of hydrogen-bond donors (Lipinski definition) is 5. The molecule has 6 atom stereocenters. The number of aliphatic hydroxyl groups excluding tert-OH is 5. The van der Waals surface area contributed by atoms with Crippen LogP contribution in [-0.4, -0.2) is 88.8 Å². The molecule has 41 heavy (non-hydrogen) atoms. The highest BCUT2D eigenvalue weighted by molar-refractivity contribution is 4.88. The summed E-state index contributed by atoms with van der Waals surface area (Å²) in [5.74, 6) is 0. The van der Waals surface area contributed by atoms with Crippen molar-refractivity contribution in [3.8, 4) is 0 Å². The molecular formula is C33H66O8. The van der Waals surface area contributed by atoms with E-state index in [1.54, 1.807) is 0 Å². The molecule has 0 amide bonds. The van der Waals surface area contributed by atoms with E-state index in [0.29, 0.717) is 6.61 Å². The van der Waals surface area contributed by atoms with E-state index >= 15 is 0 Å². The molecule has 1 unspecified atom stereocenters. The molecule has 1 aliphatic heterocycles. The molecule has 5 N–H and O–H groups in total. The summed E-state index contributed by atoms with van der Waals surface area (Å²) in [7, 11) is 0. The van der Waals surface area contributed by atoms with Gasteiger partial charge in [-0.1, -0.05) is 142 Å². The molecule has 0 radical (unpaired) electrons. The molecule has 0 bridgehead atoms. The fourth-order valence-corrected chi connectivity index (χ4v) is 5.49. The maximum Gasteiger partial charge on any atom is 0.186 e. The molecule has 8 heteroatoms. The molecule has 0 aromatic heterocycles. The predicted molar refractivity (Wildman–Crippen MR) is 164 cm³/mol. The smallest absolute Gasteiger partial charge is 0.186 e. The van der Waals surface area contributed by atoms with E-state index in [2.05, 4.69) is 6.92 Å². The quantitative estimate of drug-likeness (QED) is 0.0693. The molecule has 1 saturated heterocycles. The van der Waals surface area contributed by atoms with Gasteiger partial charge >= 0.3 is 0 Å². The van der Waals surface area contributed by atoms with E-state index in [1.165, 1.54) is 128 Å². The highest BCUT2D eigenvalue weighted by Gasteiger charge is 2.44. The molecule has 8 nitrogen and oxygen atoms in total. The number of aliphatic hydroxyl groups is 5. The molecule has 1 rings (SSSR count). The fourth-order valence-electron chi connectivity index (χ4n) is 5.49. The van der Waals surface area contributed by atoms with Crippen LogP contribution < -0.4 is 0 Å². The molecule has 1 aliphatic rings. The van der Waals surface area contributed by atoms with Gasteiger partial charge in [0.1, 0.15) is 30.5 Å². The molecular weight excluding hydrogens is 524 g/mol. The third-order valence-electron chi connectivity index (χ3n) is 8.25. The van der Waals surface area contributed by atoms with Crippen LogP contribution in [0.4, 0.5) is 0 Å². The minimum absolute atomic E-state index is 0.108. The van der Waals surface area contributed by atoms with E-state index < -0.39 is 43.4 Å². The van der Waals surface area contributed by atoms with Gasteiger partial charge < -0.3 is 39.7 Å². The average molecular weight is 591 g/mol. The average Bonchev–Trinajstić information content (AvgIpc) is 2.97. The Morgan fingerprint density at radius 2 is 0.976 bits per heavy atom. The fraction of sp³-hybridized carbons (Fsp3) is 1.00. The molecule has 0 aromatic rings. The number of unbranched alkanes of at least 4 members (excludes halogenated alkanes) is 21. The lowest BCUT2D eigenvalue weighted by Crippen LogP contribution is -2.59. The monoisotopic (exact) mass is 590 g/mol. The first kappa shape index (κ1) is 38.7. The van der Waals surface area contributed by atoms with E-state index in [4.69, 9.17) is 14.2 Å². The first-order valence-electron chi connectivity index (χ1n) is 17.2. The summed E-state index contributed by atoms with van der Waals surface area (Å²) in [6.45, 7) is 2.30. The SMILES string of the molecule is CCCCCCCCCCCCCCCCCCCCCCCCOCC(O)CO[C@@H]1O[C@H](CO)[C@H](O)[C@H](O)[C@H]1O. The van der Waals surface area contributed by atoms with Gasteiger partial charge in [0, 0.05) is 6.61 Å². The van der Waals surface area contributed by atoms with Crippen molar-refractivity contribution in [2.75, 3.05) is 26.4 Å². The Balaban J connectivity index is 1.78. The third kappa shape index (κ3) is 20.3. The Bertz CT molecular complexity index is 549. The summed E-state index contributed by atoms with van der Waals surface area (Å²) >= 11 is 0. The Hall–Kier alpha value is -0.320. The molecule has 0 saturated carbocycles. The zero-order valence-electron chi connectivity index (χ0n) is 26.3. The second-order valence-corrected chi connectivity index (χ2v) is 12.2. The minimum atomic E-state index is -1.49. The van der Waals surface area contributed by atoms with Crippen LogP contribution in [0.1, 0.15) is 148 Å². The first-order chi connectivity index (χ1) is 20.0. The van der Waals surface area contributed by atoms with Crippen molar-refractivity contribution in [1.29, 1.82) is 0 Å². The largest absolute Gasteiger partial charge is 0.394 e. The zero-order chi connectivity index (χ0) is 30.0. The lowest BCUT2D eigenvalue weighted by molar-refractivity contribution is -0.305. The summed E-state index contributed by atoms with van der Waals surface area (Å²) in [6.07, 6.45) is 22.3. The van der Waals surface area contributed by atoms with Crippen molar-refractivity contribution in [1.82, 2.24) is 0 Å². The standard InChI is InChI=1S/C33H66O8/c1-2-3-4-5-6-7-8-9-10-11-12-13-14-15-16-17-18-19-20-21-22-23-24-39-26-28(35)27-40-33-32(38)31(37)30(36)29(25-34)41-33/h28-38H,2-27H2,1H3/t28?,29-,30+,31+,32-,33-/m1/s1. The maximum absolute atomic E-state index is 10.0. The molecule has 0 aromatic carbocycles. The summed E-state index contributed by atoms with van der Waals surface area (Å²) in [4.78, 5) is 0. The number of hydrogen-bond acceptors (Lipinski definition) is 8. The summed E-state index contributed by atoms with van der Waals surface area (Å²) in [6, 6.07) is 0. The Kier molecular flexibility index (Phi) is 25.7. The Morgan fingerprint density at radius 1 is 0.561 bits per heavy atom. The van der Waals surface area contributed by atoms with Crippen LogP contribution >= 0.6 is 0 Å². The molecule has 0 aliphatic carbocycles. The number of rotatable bonds is 29. The highest BCUT2D eigenvalue weighted by Crippen LogP contribution is 2.22. The van der Waals surface area contributed by atoms with Crippen molar-refractivity contribution in [2.24, 2.45) is 0 Å². The molecule has 0 spiro atoms. The van der Waals surface area contributed by atoms with Crippen LogP contribution in [0.3, 0.4) is 0 Å². The zero-order valence-corrected chi connectivity index (χ0v) is 26.3. The Morgan fingerprint density at radius 3 is 1.39 bits per heavy atom. The second-order valence-electron chi connectivity index (χ2n) is 12.2.